The molecule has 0 bridgehead atoms. The SMILES string of the molecule is CN(C)CCN(C(=O)c1c(F)cccc1F)c1nc2c(Cl)cccc2s1. The van der Waals surface area contributed by atoms with E-state index < -0.39 is 23.1 Å². The number of benzene rings is 2. The van der Waals surface area contributed by atoms with Crippen molar-refractivity contribution in [2.24, 2.45) is 0 Å². The summed E-state index contributed by atoms with van der Waals surface area (Å²) in [5, 5.41) is 0.810. The third-order valence-corrected chi connectivity index (χ3v) is 5.13. The molecule has 0 N–H and O–H groups in total. The molecule has 1 amide bonds. The van der Waals surface area contributed by atoms with Gasteiger partial charge in [-0.25, -0.2) is 13.8 Å². The molecular formula is C18H16ClF2N3OS. The Morgan fingerprint density at radius 2 is 1.77 bits per heavy atom. The zero-order valence-corrected chi connectivity index (χ0v) is 15.7. The number of nitrogens with zero attached hydrogens (tertiary/aromatic N) is 3. The highest BCUT2D eigenvalue weighted by atomic mass is 35.5. The highest BCUT2D eigenvalue weighted by Gasteiger charge is 2.26. The van der Waals surface area contributed by atoms with Gasteiger partial charge in [-0.15, -0.1) is 0 Å². The molecule has 26 heavy (non-hydrogen) atoms. The summed E-state index contributed by atoms with van der Waals surface area (Å²) < 4.78 is 29.0. The van der Waals surface area contributed by atoms with Crippen LogP contribution in [-0.2, 0) is 0 Å². The molecule has 4 nitrogen and oxygen atoms in total. The van der Waals surface area contributed by atoms with Crippen LogP contribution in [0.5, 0.6) is 0 Å². The van der Waals surface area contributed by atoms with Crippen LogP contribution in [0.2, 0.25) is 5.02 Å². The number of aromatic nitrogens is 1. The number of amides is 1. The van der Waals surface area contributed by atoms with Crippen LogP contribution in [0.4, 0.5) is 13.9 Å². The molecule has 0 atom stereocenters. The van der Waals surface area contributed by atoms with Crippen molar-refractivity contribution in [3.05, 3.63) is 58.6 Å². The van der Waals surface area contributed by atoms with E-state index in [4.69, 9.17) is 11.6 Å². The molecule has 0 aliphatic heterocycles. The molecule has 0 radical (unpaired) electrons. The van der Waals surface area contributed by atoms with Gasteiger partial charge in [-0.2, -0.15) is 0 Å². The lowest BCUT2D eigenvalue weighted by Gasteiger charge is -2.22. The third kappa shape index (κ3) is 3.70. The Hall–Kier alpha value is -2.09. The molecule has 0 spiro atoms. The van der Waals surface area contributed by atoms with E-state index in [1.807, 2.05) is 25.1 Å². The van der Waals surface area contributed by atoms with Crippen molar-refractivity contribution in [3.8, 4) is 0 Å². The quantitative estimate of drug-likeness (QED) is 0.641. The van der Waals surface area contributed by atoms with Crippen molar-refractivity contribution in [2.75, 3.05) is 32.1 Å². The molecule has 3 aromatic rings. The first-order chi connectivity index (χ1) is 12.4. The molecule has 136 valence electrons. The lowest BCUT2D eigenvalue weighted by atomic mass is 10.1. The van der Waals surface area contributed by atoms with E-state index in [0.717, 1.165) is 16.8 Å². The van der Waals surface area contributed by atoms with Crippen LogP contribution in [-0.4, -0.2) is 43.0 Å². The molecule has 0 saturated carbocycles. The number of anilines is 1. The standard InChI is InChI=1S/C18H16ClF2N3OS/c1-23(2)9-10-24(17(25)15-12(20)6-4-7-13(15)21)18-22-16-11(19)5-3-8-14(16)26-18/h3-8H,9-10H2,1-2H3. The highest BCUT2D eigenvalue weighted by Crippen LogP contribution is 2.33. The maximum atomic E-state index is 14.1. The first-order valence-electron chi connectivity index (χ1n) is 7.84. The summed E-state index contributed by atoms with van der Waals surface area (Å²) >= 11 is 7.41. The van der Waals surface area contributed by atoms with Crippen LogP contribution in [0.1, 0.15) is 10.4 Å². The maximum absolute atomic E-state index is 14.1. The Balaban J connectivity index is 2.06. The average Bonchev–Trinajstić information content (AvgIpc) is 3.00. The van der Waals surface area contributed by atoms with E-state index in [1.54, 1.807) is 12.1 Å². The molecule has 0 aliphatic rings. The summed E-state index contributed by atoms with van der Waals surface area (Å²) in [7, 11) is 3.70. The van der Waals surface area contributed by atoms with Crippen molar-refractivity contribution in [1.29, 1.82) is 0 Å². The van der Waals surface area contributed by atoms with Gasteiger partial charge >= 0.3 is 0 Å². The minimum absolute atomic E-state index is 0.233. The summed E-state index contributed by atoms with van der Waals surface area (Å²) in [5.41, 5.74) is -0.0255. The molecule has 0 aliphatic carbocycles. The predicted molar refractivity (Wildman–Crippen MR) is 101 cm³/mol. The fourth-order valence-corrected chi connectivity index (χ4v) is 3.73. The molecule has 0 unspecified atom stereocenters. The van der Waals surface area contributed by atoms with Gasteiger partial charge in [0.2, 0.25) is 0 Å². The Morgan fingerprint density at radius 3 is 2.38 bits per heavy atom. The zero-order valence-electron chi connectivity index (χ0n) is 14.2. The summed E-state index contributed by atoms with van der Waals surface area (Å²) in [6, 6.07) is 8.68. The summed E-state index contributed by atoms with van der Waals surface area (Å²) in [6.45, 7) is 0.739. The van der Waals surface area contributed by atoms with Gasteiger partial charge in [-0.05, 0) is 38.4 Å². The van der Waals surface area contributed by atoms with E-state index in [2.05, 4.69) is 4.98 Å². The summed E-state index contributed by atoms with van der Waals surface area (Å²) in [4.78, 5) is 20.5. The second-order valence-electron chi connectivity index (χ2n) is 5.94. The van der Waals surface area contributed by atoms with Crippen LogP contribution in [0.15, 0.2) is 36.4 Å². The average molecular weight is 396 g/mol. The second kappa shape index (κ2) is 7.65. The van der Waals surface area contributed by atoms with Gasteiger partial charge in [0.05, 0.1) is 9.72 Å². The van der Waals surface area contributed by atoms with E-state index >= 15 is 0 Å². The molecule has 1 aromatic heterocycles. The van der Waals surface area contributed by atoms with Crippen LogP contribution in [0.3, 0.4) is 0 Å². The first kappa shape index (κ1) is 18.7. The van der Waals surface area contributed by atoms with Gasteiger partial charge in [0, 0.05) is 13.1 Å². The topological polar surface area (TPSA) is 36.4 Å². The largest absolute Gasteiger partial charge is 0.308 e. The van der Waals surface area contributed by atoms with Gasteiger partial charge in [0.25, 0.3) is 5.91 Å². The van der Waals surface area contributed by atoms with Gasteiger partial charge < -0.3 is 4.90 Å². The molecule has 2 aromatic carbocycles. The molecular weight excluding hydrogens is 380 g/mol. The monoisotopic (exact) mass is 395 g/mol. The van der Waals surface area contributed by atoms with Crippen LogP contribution < -0.4 is 4.90 Å². The number of carbonyl (C=O) groups is 1. The second-order valence-corrected chi connectivity index (χ2v) is 7.36. The number of hydrogen-bond acceptors (Lipinski definition) is 4. The number of hydrogen-bond donors (Lipinski definition) is 0. The normalized spacial score (nSPS) is 11.3. The molecule has 0 fully saturated rings. The highest BCUT2D eigenvalue weighted by molar-refractivity contribution is 7.22. The Kier molecular flexibility index (Phi) is 5.50. The fourth-order valence-electron chi connectivity index (χ4n) is 2.44. The fraction of sp³-hybridized carbons (Fsp3) is 0.222. The number of fused-ring (bicyclic) bond motifs is 1. The summed E-state index contributed by atoms with van der Waals surface area (Å²) in [6.07, 6.45) is 0. The Bertz CT molecular complexity index is 941. The number of carbonyl (C=O) groups excluding carboxylic acids is 1. The minimum Gasteiger partial charge on any atom is -0.308 e. The zero-order chi connectivity index (χ0) is 18.8. The van der Waals surface area contributed by atoms with Crippen molar-refractivity contribution in [2.45, 2.75) is 0 Å². The predicted octanol–water partition coefficient (Wildman–Crippen LogP) is 4.44. The van der Waals surface area contributed by atoms with Gasteiger partial charge in [0.1, 0.15) is 22.7 Å². The van der Waals surface area contributed by atoms with Gasteiger partial charge in [0.15, 0.2) is 5.13 Å². The summed E-state index contributed by atoms with van der Waals surface area (Å²) in [5.74, 6) is -2.56. The Labute approximate surface area is 158 Å². The first-order valence-corrected chi connectivity index (χ1v) is 9.03. The maximum Gasteiger partial charge on any atom is 0.266 e. The molecule has 8 heteroatoms. The van der Waals surface area contributed by atoms with Crippen LogP contribution >= 0.6 is 22.9 Å². The van der Waals surface area contributed by atoms with Gasteiger partial charge in [-0.3, -0.25) is 9.69 Å². The molecule has 3 rings (SSSR count). The van der Waals surface area contributed by atoms with Crippen molar-refractivity contribution in [1.82, 2.24) is 9.88 Å². The third-order valence-electron chi connectivity index (χ3n) is 3.78. The van der Waals surface area contributed by atoms with Crippen molar-refractivity contribution in [3.63, 3.8) is 0 Å². The van der Waals surface area contributed by atoms with Gasteiger partial charge in [-0.1, -0.05) is 35.1 Å². The van der Waals surface area contributed by atoms with Crippen LogP contribution in [0, 0.1) is 11.6 Å². The van der Waals surface area contributed by atoms with Crippen LogP contribution in [0.25, 0.3) is 10.2 Å². The van der Waals surface area contributed by atoms with E-state index in [1.165, 1.54) is 22.3 Å². The molecule has 0 saturated heterocycles. The number of para-hydroxylation sites is 1. The number of thiazole rings is 1. The lowest BCUT2D eigenvalue weighted by Crippen LogP contribution is -2.37. The number of halogens is 3. The van der Waals surface area contributed by atoms with E-state index in [0.29, 0.717) is 22.2 Å². The van der Waals surface area contributed by atoms with E-state index in [-0.39, 0.29) is 6.54 Å². The number of likely N-dealkylation sites (N-methyl/N-ethyl adjacent to an activating group) is 1. The van der Waals surface area contributed by atoms with Crippen molar-refractivity contribution >= 4 is 44.2 Å². The van der Waals surface area contributed by atoms with E-state index in [9.17, 15) is 13.6 Å². The number of rotatable bonds is 5. The van der Waals surface area contributed by atoms with Crippen molar-refractivity contribution < 1.29 is 13.6 Å². The lowest BCUT2D eigenvalue weighted by molar-refractivity contribution is 0.0977. The minimum atomic E-state index is -0.899. The Morgan fingerprint density at radius 1 is 1.12 bits per heavy atom. The smallest absolute Gasteiger partial charge is 0.266 e. The molecule has 1 heterocycles.